The molecule has 4 aromatic rings. The van der Waals surface area contributed by atoms with Crippen molar-refractivity contribution in [3.63, 3.8) is 0 Å². The number of nitrogens with one attached hydrogen (secondary N) is 1. The number of benzene rings is 2. The van der Waals surface area contributed by atoms with Gasteiger partial charge < -0.3 is 5.32 Å². The van der Waals surface area contributed by atoms with Crippen LogP contribution in [-0.2, 0) is 4.79 Å². The second kappa shape index (κ2) is 9.47. The highest BCUT2D eigenvalue weighted by Crippen LogP contribution is 2.15. The lowest BCUT2D eigenvalue weighted by atomic mass is 10.1. The van der Waals surface area contributed by atoms with Gasteiger partial charge in [-0.15, -0.1) is 11.3 Å². The Morgan fingerprint density at radius 3 is 2.45 bits per heavy atom. The van der Waals surface area contributed by atoms with Crippen LogP contribution in [0.25, 0.3) is 17.3 Å². The largest absolute Gasteiger partial charge is 0.321 e. The van der Waals surface area contributed by atoms with Crippen molar-refractivity contribution in [3.05, 3.63) is 109 Å². The molecular formula is C26H20N4O2S. The van der Waals surface area contributed by atoms with Gasteiger partial charge in [-0.3, -0.25) is 19.1 Å². The average molecular weight is 453 g/mol. The Kier molecular flexibility index (Phi) is 6.29. The van der Waals surface area contributed by atoms with E-state index < -0.39 is 5.91 Å². The first kappa shape index (κ1) is 21.9. The van der Waals surface area contributed by atoms with Crippen LogP contribution in [0.1, 0.15) is 16.7 Å². The Morgan fingerprint density at radius 1 is 1.06 bits per heavy atom. The van der Waals surface area contributed by atoms with E-state index in [9.17, 15) is 14.9 Å². The highest BCUT2D eigenvalue weighted by Gasteiger charge is 2.17. The molecule has 1 N–H and O–H groups in total. The number of para-hydroxylation sites is 1. The molecule has 2 aromatic carbocycles. The quantitative estimate of drug-likeness (QED) is 0.516. The minimum Gasteiger partial charge on any atom is -0.321 e. The SMILES string of the molecule is Cc1ccc(NC(=O)C(C#N)=c2sc(=Cc3ccncc3)c(=O)n2-c2ccccc2)cc1C. The maximum atomic E-state index is 13.4. The fourth-order valence-corrected chi connectivity index (χ4v) is 4.38. The Bertz CT molecular complexity index is 1550. The topological polar surface area (TPSA) is 87.8 Å². The predicted molar refractivity (Wildman–Crippen MR) is 131 cm³/mol. The zero-order valence-electron chi connectivity index (χ0n) is 18.1. The van der Waals surface area contributed by atoms with E-state index in [0.29, 0.717) is 15.9 Å². The molecule has 0 aliphatic carbocycles. The van der Waals surface area contributed by atoms with E-state index in [2.05, 4.69) is 10.3 Å². The lowest BCUT2D eigenvalue weighted by Crippen LogP contribution is -2.32. The summed E-state index contributed by atoms with van der Waals surface area (Å²) < 4.78 is 2.10. The molecule has 0 saturated heterocycles. The molecule has 6 nitrogen and oxygen atoms in total. The number of anilines is 1. The number of aromatic nitrogens is 2. The van der Waals surface area contributed by atoms with Crippen molar-refractivity contribution in [1.82, 2.24) is 9.55 Å². The van der Waals surface area contributed by atoms with Crippen LogP contribution < -0.4 is 20.1 Å². The number of nitriles is 1. The second-order valence-electron chi connectivity index (χ2n) is 7.41. The van der Waals surface area contributed by atoms with Crippen molar-refractivity contribution >= 4 is 34.6 Å². The van der Waals surface area contributed by atoms with Crippen LogP contribution in [0, 0.1) is 25.2 Å². The van der Waals surface area contributed by atoms with Crippen LogP contribution in [0.3, 0.4) is 0 Å². The number of thiazole rings is 1. The Labute approximate surface area is 194 Å². The number of hydrogen-bond acceptors (Lipinski definition) is 5. The fourth-order valence-electron chi connectivity index (χ4n) is 3.28. The summed E-state index contributed by atoms with van der Waals surface area (Å²) in [5.74, 6) is -0.567. The van der Waals surface area contributed by atoms with Crippen molar-refractivity contribution in [1.29, 1.82) is 5.26 Å². The molecule has 33 heavy (non-hydrogen) atoms. The summed E-state index contributed by atoms with van der Waals surface area (Å²) in [6.07, 6.45) is 5.01. The third kappa shape index (κ3) is 4.66. The van der Waals surface area contributed by atoms with Gasteiger partial charge in [0.25, 0.3) is 11.5 Å². The van der Waals surface area contributed by atoms with Crippen molar-refractivity contribution < 1.29 is 4.79 Å². The average Bonchev–Trinajstić information content (AvgIpc) is 3.13. The van der Waals surface area contributed by atoms with Gasteiger partial charge in [-0.25, -0.2) is 0 Å². The molecule has 0 aliphatic heterocycles. The second-order valence-corrected chi connectivity index (χ2v) is 8.44. The lowest BCUT2D eigenvalue weighted by molar-refractivity contribution is -0.111. The number of nitrogens with zero attached hydrogens (tertiary/aromatic N) is 3. The molecule has 0 atom stereocenters. The van der Waals surface area contributed by atoms with Crippen molar-refractivity contribution in [3.8, 4) is 11.8 Å². The third-order valence-electron chi connectivity index (χ3n) is 5.16. The normalized spacial score (nSPS) is 12.2. The highest BCUT2D eigenvalue weighted by molar-refractivity contribution is 7.07. The molecule has 0 radical (unpaired) electrons. The number of rotatable bonds is 4. The molecule has 0 saturated carbocycles. The smallest absolute Gasteiger partial charge is 0.273 e. The summed E-state index contributed by atoms with van der Waals surface area (Å²) in [7, 11) is 0. The van der Waals surface area contributed by atoms with E-state index in [1.54, 1.807) is 60.9 Å². The zero-order valence-corrected chi connectivity index (χ0v) is 18.9. The summed E-state index contributed by atoms with van der Waals surface area (Å²) in [5, 5.41) is 12.7. The van der Waals surface area contributed by atoms with E-state index in [1.165, 1.54) is 4.57 Å². The molecule has 0 spiro atoms. The molecule has 1 amide bonds. The third-order valence-corrected chi connectivity index (χ3v) is 6.25. The van der Waals surface area contributed by atoms with Crippen LogP contribution in [0.2, 0.25) is 0 Å². The fraction of sp³-hybridized carbons (Fsp3) is 0.0769. The minimum atomic E-state index is -0.567. The van der Waals surface area contributed by atoms with E-state index in [-0.39, 0.29) is 15.8 Å². The van der Waals surface area contributed by atoms with E-state index >= 15 is 0 Å². The number of amides is 1. The van der Waals surface area contributed by atoms with Crippen molar-refractivity contribution in [2.45, 2.75) is 13.8 Å². The number of aryl methyl sites for hydroxylation is 2. The number of hydrogen-bond donors (Lipinski definition) is 1. The van der Waals surface area contributed by atoms with Crippen molar-refractivity contribution in [2.24, 2.45) is 0 Å². The van der Waals surface area contributed by atoms with Gasteiger partial charge >= 0.3 is 0 Å². The van der Waals surface area contributed by atoms with Crippen LogP contribution in [0.4, 0.5) is 5.69 Å². The van der Waals surface area contributed by atoms with Gasteiger partial charge in [-0.1, -0.05) is 24.3 Å². The first-order valence-electron chi connectivity index (χ1n) is 10.2. The molecule has 0 bridgehead atoms. The summed E-state index contributed by atoms with van der Waals surface area (Å²) in [5.41, 5.74) is 3.66. The first-order valence-corrected chi connectivity index (χ1v) is 11.0. The summed E-state index contributed by atoms with van der Waals surface area (Å²) >= 11 is 1.11. The van der Waals surface area contributed by atoms with Gasteiger partial charge in [0.1, 0.15) is 10.7 Å². The van der Waals surface area contributed by atoms with Crippen LogP contribution in [0.15, 0.2) is 77.9 Å². The molecule has 0 unspecified atom stereocenters. The Morgan fingerprint density at radius 2 is 1.79 bits per heavy atom. The highest BCUT2D eigenvalue weighted by atomic mass is 32.1. The van der Waals surface area contributed by atoms with E-state index in [1.807, 2.05) is 38.1 Å². The summed E-state index contributed by atoms with van der Waals surface area (Å²) in [6, 6.07) is 20.1. The monoisotopic (exact) mass is 452 g/mol. The molecule has 7 heteroatoms. The van der Waals surface area contributed by atoms with Gasteiger partial charge in [0, 0.05) is 18.1 Å². The zero-order chi connectivity index (χ0) is 23.4. The molecule has 162 valence electrons. The molecular weight excluding hydrogens is 432 g/mol. The molecule has 2 aromatic heterocycles. The summed E-state index contributed by atoms with van der Waals surface area (Å²) in [4.78, 5) is 30.5. The van der Waals surface area contributed by atoms with Gasteiger partial charge in [0.15, 0.2) is 5.57 Å². The maximum Gasteiger partial charge on any atom is 0.273 e. The van der Waals surface area contributed by atoms with E-state index in [0.717, 1.165) is 28.0 Å². The lowest BCUT2D eigenvalue weighted by Gasteiger charge is -2.07. The van der Waals surface area contributed by atoms with Crippen LogP contribution >= 0.6 is 11.3 Å². The van der Waals surface area contributed by atoms with Gasteiger partial charge in [0.05, 0.1) is 10.2 Å². The van der Waals surface area contributed by atoms with Crippen molar-refractivity contribution in [2.75, 3.05) is 5.32 Å². The van der Waals surface area contributed by atoms with Crippen LogP contribution in [-0.4, -0.2) is 15.5 Å². The van der Waals surface area contributed by atoms with Gasteiger partial charge in [-0.05, 0) is 73.0 Å². The predicted octanol–water partition coefficient (Wildman–Crippen LogP) is 3.05. The minimum absolute atomic E-state index is 0.131. The number of carbonyl (C=O) groups excluding carboxylic acids is 1. The first-order chi connectivity index (χ1) is 16.0. The Balaban J connectivity index is 1.93. The molecule has 0 fully saturated rings. The maximum absolute atomic E-state index is 13.4. The summed E-state index contributed by atoms with van der Waals surface area (Å²) in [6.45, 7) is 3.94. The Hall–Kier alpha value is -4.28. The van der Waals surface area contributed by atoms with E-state index in [4.69, 9.17) is 0 Å². The molecule has 0 aliphatic rings. The van der Waals surface area contributed by atoms with Gasteiger partial charge in [0.2, 0.25) is 0 Å². The van der Waals surface area contributed by atoms with Gasteiger partial charge in [-0.2, -0.15) is 5.26 Å². The number of pyridine rings is 1. The number of carbonyl (C=O) groups is 1. The standard InChI is InChI=1S/C26H20N4O2S/c1-17-8-9-20(14-18(17)2)29-24(31)22(16-27)26-30(21-6-4-3-5-7-21)25(32)23(33-26)15-19-10-12-28-13-11-19/h3-15H,1-2H3,(H,29,31). The molecule has 4 rings (SSSR count). The van der Waals surface area contributed by atoms with Crippen LogP contribution in [0.5, 0.6) is 0 Å². The molecule has 2 heterocycles.